The van der Waals surface area contributed by atoms with Crippen LogP contribution in [0.2, 0.25) is 0 Å². The number of rotatable bonds is 2. The fourth-order valence-corrected chi connectivity index (χ4v) is 2.81. The maximum absolute atomic E-state index is 13.7. The van der Waals surface area contributed by atoms with E-state index in [1.807, 2.05) is 0 Å². The van der Waals surface area contributed by atoms with E-state index in [1.54, 1.807) is 0 Å². The molecule has 130 valence electrons. The molecule has 0 aliphatic rings. The van der Waals surface area contributed by atoms with Crippen molar-refractivity contribution < 1.29 is 36.6 Å². The second-order valence-electron chi connectivity index (χ2n) is 4.96. The summed E-state index contributed by atoms with van der Waals surface area (Å²) in [6.07, 6.45) is -11.4. The van der Waals surface area contributed by atoms with Crippen molar-refractivity contribution in [1.82, 2.24) is 0 Å². The molecule has 0 aromatic heterocycles. The number of phenols is 2. The molecule has 0 heterocycles. The van der Waals surface area contributed by atoms with E-state index >= 15 is 0 Å². The van der Waals surface area contributed by atoms with Crippen LogP contribution in [0.5, 0.6) is 11.5 Å². The maximum atomic E-state index is 13.7. The summed E-state index contributed by atoms with van der Waals surface area (Å²) >= 11 is 2.73. The lowest BCUT2D eigenvalue weighted by Crippen LogP contribution is -2.54. The number of hydrogen-bond acceptors (Lipinski definition) is 2. The van der Waals surface area contributed by atoms with Crippen molar-refractivity contribution in [1.29, 1.82) is 0 Å². The predicted octanol–water partition coefficient (Wildman–Crippen LogP) is 5.27. The lowest BCUT2D eigenvalue weighted by molar-refractivity contribution is -0.288. The van der Waals surface area contributed by atoms with Crippen LogP contribution in [-0.2, 0) is 5.41 Å². The first-order valence-electron chi connectivity index (χ1n) is 6.33. The van der Waals surface area contributed by atoms with Gasteiger partial charge in [-0.2, -0.15) is 26.3 Å². The van der Waals surface area contributed by atoms with Crippen LogP contribution in [0, 0.1) is 0 Å². The second-order valence-corrected chi connectivity index (χ2v) is 5.81. The minimum atomic E-state index is -5.72. The summed E-state index contributed by atoms with van der Waals surface area (Å²) in [5.41, 5.74) is -6.53. The monoisotopic (exact) mass is 414 g/mol. The highest BCUT2D eigenvalue weighted by Crippen LogP contribution is 2.56. The predicted molar refractivity (Wildman–Crippen MR) is 76.8 cm³/mol. The van der Waals surface area contributed by atoms with Crippen molar-refractivity contribution >= 4 is 15.9 Å². The minimum Gasteiger partial charge on any atom is -0.508 e. The Morgan fingerprint density at radius 2 is 1.17 bits per heavy atom. The highest BCUT2D eigenvalue weighted by atomic mass is 79.9. The van der Waals surface area contributed by atoms with Crippen LogP contribution in [0.25, 0.3) is 0 Å². The maximum Gasteiger partial charge on any atom is 0.411 e. The van der Waals surface area contributed by atoms with Gasteiger partial charge in [0.2, 0.25) is 5.41 Å². The zero-order chi connectivity index (χ0) is 18.3. The van der Waals surface area contributed by atoms with Gasteiger partial charge in [-0.05, 0) is 51.3 Å². The van der Waals surface area contributed by atoms with Gasteiger partial charge >= 0.3 is 12.4 Å². The molecule has 0 spiro atoms. The van der Waals surface area contributed by atoms with E-state index in [0.717, 1.165) is 18.2 Å². The molecule has 0 radical (unpaired) electrons. The topological polar surface area (TPSA) is 40.5 Å². The Morgan fingerprint density at radius 1 is 0.708 bits per heavy atom. The molecule has 2 aromatic rings. The summed E-state index contributed by atoms with van der Waals surface area (Å²) in [5.74, 6) is -0.966. The molecule has 0 aliphatic carbocycles. The van der Waals surface area contributed by atoms with Gasteiger partial charge in [0, 0.05) is 0 Å². The van der Waals surface area contributed by atoms with E-state index in [0.29, 0.717) is 24.3 Å². The Kier molecular flexibility index (Phi) is 4.51. The first-order valence-corrected chi connectivity index (χ1v) is 7.12. The van der Waals surface area contributed by atoms with Gasteiger partial charge in [-0.3, -0.25) is 0 Å². The van der Waals surface area contributed by atoms with Gasteiger partial charge in [0.15, 0.2) is 0 Å². The standard InChI is InChI=1S/C15H9BrF6O2/c16-11-7-9(3-6-12(11)24)13(14(17,18)19,15(20,21)22)8-1-4-10(23)5-2-8/h1-7,23-24H. The molecule has 2 N–H and O–H groups in total. The first-order chi connectivity index (χ1) is 10.9. The lowest BCUT2D eigenvalue weighted by Gasteiger charge is -2.38. The molecule has 0 saturated carbocycles. The van der Waals surface area contributed by atoms with E-state index in [1.165, 1.54) is 0 Å². The summed E-state index contributed by atoms with van der Waals surface area (Å²) in [7, 11) is 0. The highest BCUT2D eigenvalue weighted by molar-refractivity contribution is 9.10. The van der Waals surface area contributed by atoms with Gasteiger partial charge in [0.25, 0.3) is 0 Å². The van der Waals surface area contributed by atoms with Crippen molar-refractivity contribution in [2.24, 2.45) is 0 Å². The Labute approximate surface area is 140 Å². The van der Waals surface area contributed by atoms with E-state index in [9.17, 15) is 36.6 Å². The molecule has 0 aliphatic heterocycles. The van der Waals surface area contributed by atoms with Crippen molar-refractivity contribution in [3.05, 3.63) is 58.1 Å². The SMILES string of the molecule is Oc1ccc(C(c2ccc(O)c(Br)c2)(C(F)(F)F)C(F)(F)F)cc1. The zero-order valence-corrected chi connectivity index (χ0v) is 13.2. The highest BCUT2D eigenvalue weighted by Gasteiger charge is 2.72. The Balaban J connectivity index is 2.91. The summed E-state index contributed by atoms with van der Waals surface area (Å²) in [6, 6.07) is 4.51. The van der Waals surface area contributed by atoms with E-state index in [-0.39, 0.29) is 4.47 Å². The van der Waals surface area contributed by atoms with Gasteiger partial charge in [0.1, 0.15) is 11.5 Å². The van der Waals surface area contributed by atoms with E-state index in [4.69, 9.17) is 0 Å². The third-order valence-electron chi connectivity index (χ3n) is 3.53. The molecule has 9 heteroatoms. The normalized spacial score (nSPS) is 13.1. The van der Waals surface area contributed by atoms with Crippen LogP contribution in [0.15, 0.2) is 46.9 Å². The van der Waals surface area contributed by atoms with Crippen molar-refractivity contribution in [2.45, 2.75) is 17.8 Å². The number of benzene rings is 2. The van der Waals surface area contributed by atoms with Crippen molar-refractivity contribution in [3.8, 4) is 11.5 Å². The second kappa shape index (κ2) is 5.87. The Hall–Kier alpha value is -1.90. The first kappa shape index (κ1) is 18.4. The summed E-state index contributed by atoms with van der Waals surface area (Å²) < 4.78 is 82.0. The van der Waals surface area contributed by atoms with E-state index < -0.39 is 40.4 Å². The molecular formula is C15H9BrF6O2. The molecule has 0 saturated heterocycles. The molecule has 24 heavy (non-hydrogen) atoms. The molecule has 0 fully saturated rings. The van der Waals surface area contributed by atoms with Gasteiger partial charge < -0.3 is 10.2 Å². The van der Waals surface area contributed by atoms with Crippen LogP contribution in [0.1, 0.15) is 11.1 Å². The molecule has 2 rings (SSSR count). The molecule has 0 atom stereocenters. The third-order valence-corrected chi connectivity index (χ3v) is 4.17. The fourth-order valence-electron chi connectivity index (χ4n) is 2.43. The van der Waals surface area contributed by atoms with Gasteiger partial charge in [-0.1, -0.05) is 18.2 Å². The Bertz CT molecular complexity index is 723. The number of hydrogen-bond donors (Lipinski definition) is 2. The van der Waals surface area contributed by atoms with Crippen molar-refractivity contribution in [2.75, 3.05) is 0 Å². The molecule has 2 aromatic carbocycles. The van der Waals surface area contributed by atoms with Gasteiger partial charge in [0.05, 0.1) is 4.47 Å². The van der Waals surface area contributed by atoms with E-state index in [2.05, 4.69) is 15.9 Å². The zero-order valence-electron chi connectivity index (χ0n) is 11.6. The van der Waals surface area contributed by atoms with Crippen LogP contribution in [-0.4, -0.2) is 22.6 Å². The van der Waals surface area contributed by atoms with Gasteiger partial charge in [-0.15, -0.1) is 0 Å². The summed E-state index contributed by atoms with van der Waals surface area (Å²) in [4.78, 5) is 0. The lowest BCUT2D eigenvalue weighted by atomic mass is 9.73. The quantitative estimate of drug-likeness (QED) is 0.657. The Morgan fingerprint density at radius 3 is 1.58 bits per heavy atom. The minimum absolute atomic E-state index is 0.309. The van der Waals surface area contributed by atoms with Gasteiger partial charge in [-0.25, -0.2) is 0 Å². The smallest absolute Gasteiger partial charge is 0.411 e. The summed E-state index contributed by atoms with van der Waals surface area (Å²) in [5, 5.41) is 18.6. The average molecular weight is 415 g/mol. The summed E-state index contributed by atoms with van der Waals surface area (Å²) in [6.45, 7) is 0. The number of halogens is 7. The number of alkyl halides is 6. The third kappa shape index (κ3) is 2.81. The number of phenolic OH excluding ortho intramolecular Hbond substituents is 2. The van der Waals surface area contributed by atoms with Crippen LogP contribution < -0.4 is 0 Å². The molecule has 2 nitrogen and oxygen atoms in total. The van der Waals surface area contributed by atoms with Crippen LogP contribution in [0.3, 0.4) is 0 Å². The molecular weight excluding hydrogens is 406 g/mol. The average Bonchev–Trinajstić information content (AvgIpc) is 2.42. The molecule has 0 bridgehead atoms. The van der Waals surface area contributed by atoms with Crippen LogP contribution >= 0.6 is 15.9 Å². The molecule has 0 amide bonds. The van der Waals surface area contributed by atoms with Crippen LogP contribution in [0.4, 0.5) is 26.3 Å². The van der Waals surface area contributed by atoms with Crippen molar-refractivity contribution in [3.63, 3.8) is 0 Å². The fraction of sp³-hybridized carbons (Fsp3) is 0.200. The largest absolute Gasteiger partial charge is 0.508 e. The number of aromatic hydroxyl groups is 2. The molecule has 0 unspecified atom stereocenters.